The minimum Gasteiger partial charge on any atom is -0.506 e. The van der Waals surface area contributed by atoms with Crippen LogP contribution in [0.3, 0.4) is 0 Å². The topological polar surface area (TPSA) is 111 Å². The fraction of sp³-hybridized carbons (Fsp3) is 0.118. The minimum atomic E-state index is -0.620. The van der Waals surface area contributed by atoms with E-state index in [2.05, 4.69) is 47.7 Å². The zero-order valence-corrected chi connectivity index (χ0v) is 17.1. The van der Waals surface area contributed by atoms with Crippen molar-refractivity contribution in [2.24, 2.45) is 5.10 Å². The van der Waals surface area contributed by atoms with Crippen LogP contribution in [0.1, 0.15) is 21.5 Å². The number of nitrogens with zero attached hydrogens (tertiary/aromatic N) is 1. The number of halogens is 3. The molecule has 0 saturated heterocycles. The molecule has 0 heterocycles. The fourth-order valence-electron chi connectivity index (χ4n) is 2.06. The molecular formula is C17H14Br2FN3O4. The first kappa shape index (κ1) is 20.8. The third-order valence-corrected chi connectivity index (χ3v) is 5.21. The van der Waals surface area contributed by atoms with Crippen LogP contribution in [-0.2, 0) is 4.79 Å². The summed E-state index contributed by atoms with van der Waals surface area (Å²) >= 11 is 6.24. The van der Waals surface area contributed by atoms with E-state index in [0.717, 1.165) is 6.07 Å². The van der Waals surface area contributed by atoms with Crippen LogP contribution in [0.5, 0.6) is 11.5 Å². The molecule has 2 amide bonds. The highest BCUT2D eigenvalue weighted by atomic mass is 79.9. The lowest BCUT2D eigenvalue weighted by Crippen LogP contribution is -2.34. The number of hydrazone groups is 1. The summed E-state index contributed by atoms with van der Waals surface area (Å²) in [5.41, 5.74) is 3.06. The Morgan fingerprint density at radius 3 is 2.59 bits per heavy atom. The molecule has 4 N–H and O–H groups in total. The van der Waals surface area contributed by atoms with Gasteiger partial charge in [-0.2, -0.15) is 5.10 Å². The number of phenols is 2. The maximum Gasteiger partial charge on any atom is 0.259 e. The molecule has 0 saturated carbocycles. The second-order valence-electron chi connectivity index (χ2n) is 5.35. The van der Waals surface area contributed by atoms with Crippen LogP contribution < -0.4 is 10.7 Å². The third-order valence-electron chi connectivity index (χ3n) is 3.49. The molecule has 0 unspecified atom stereocenters. The standard InChI is InChI=1S/C17H14Br2FN3O4/c1-8-11(15(25)14(19)16(26)13(8)18)6-22-23-12(24)7-21-17(27)9-3-2-4-10(20)5-9/h2-6,25-26H,7H2,1H3,(H,21,27)(H,23,24)/b22-6-. The Bertz CT molecular complexity index is 906. The molecule has 2 rings (SSSR count). The molecule has 0 aliphatic heterocycles. The molecule has 0 aliphatic carbocycles. The lowest BCUT2D eigenvalue weighted by Gasteiger charge is -2.11. The molecule has 27 heavy (non-hydrogen) atoms. The lowest BCUT2D eigenvalue weighted by molar-refractivity contribution is -0.120. The molecule has 10 heteroatoms. The summed E-state index contributed by atoms with van der Waals surface area (Å²) in [6, 6.07) is 5.06. The smallest absolute Gasteiger partial charge is 0.259 e. The van der Waals surface area contributed by atoms with Gasteiger partial charge in [0.05, 0.1) is 17.2 Å². The molecule has 7 nitrogen and oxygen atoms in total. The van der Waals surface area contributed by atoms with E-state index in [1.54, 1.807) is 6.92 Å². The predicted octanol–water partition coefficient (Wildman–Crippen LogP) is 2.95. The molecule has 0 spiro atoms. The van der Waals surface area contributed by atoms with E-state index in [9.17, 15) is 24.2 Å². The SMILES string of the molecule is Cc1c(Br)c(O)c(Br)c(O)c1/C=N\NC(=O)CNC(=O)c1cccc(F)c1. The number of amides is 2. The number of benzene rings is 2. The van der Waals surface area contributed by atoms with Crippen LogP contribution >= 0.6 is 31.9 Å². The first-order chi connectivity index (χ1) is 12.7. The minimum absolute atomic E-state index is 0.0788. The summed E-state index contributed by atoms with van der Waals surface area (Å²) in [5, 5.41) is 25.9. The van der Waals surface area contributed by atoms with Gasteiger partial charge in [0, 0.05) is 11.1 Å². The van der Waals surface area contributed by atoms with Crippen molar-refractivity contribution in [3.05, 3.63) is 55.7 Å². The van der Waals surface area contributed by atoms with Crippen molar-refractivity contribution in [3.8, 4) is 11.5 Å². The number of carbonyl (C=O) groups is 2. The van der Waals surface area contributed by atoms with Gasteiger partial charge in [-0.15, -0.1) is 0 Å². The fourth-order valence-corrected chi connectivity index (χ4v) is 3.15. The van der Waals surface area contributed by atoms with Crippen molar-refractivity contribution in [2.75, 3.05) is 6.54 Å². The number of phenolic OH excluding ortho intramolecular Hbond substituents is 2. The van der Waals surface area contributed by atoms with Crippen molar-refractivity contribution in [2.45, 2.75) is 6.92 Å². The Hall–Kier alpha value is -2.46. The summed E-state index contributed by atoms with van der Waals surface area (Å²) < 4.78 is 13.5. The zero-order valence-electron chi connectivity index (χ0n) is 13.9. The van der Waals surface area contributed by atoms with Crippen molar-refractivity contribution in [1.82, 2.24) is 10.7 Å². The highest BCUT2D eigenvalue weighted by molar-refractivity contribution is 9.11. The Labute approximate surface area is 170 Å². The zero-order chi connectivity index (χ0) is 20.1. The number of nitrogens with one attached hydrogen (secondary N) is 2. The van der Waals surface area contributed by atoms with E-state index in [1.807, 2.05) is 0 Å². The van der Waals surface area contributed by atoms with E-state index < -0.39 is 17.6 Å². The van der Waals surface area contributed by atoms with Crippen molar-refractivity contribution in [3.63, 3.8) is 0 Å². The van der Waals surface area contributed by atoms with E-state index in [1.165, 1.54) is 24.4 Å². The van der Waals surface area contributed by atoms with Crippen LogP contribution in [0.25, 0.3) is 0 Å². The van der Waals surface area contributed by atoms with Gasteiger partial charge in [-0.1, -0.05) is 6.07 Å². The van der Waals surface area contributed by atoms with Gasteiger partial charge in [-0.3, -0.25) is 9.59 Å². The molecule has 0 fully saturated rings. The normalized spacial score (nSPS) is 10.8. The summed E-state index contributed by atoms with van der Waals surface area (Å²) in [7, 11) is 0. The van der Waals surface area contributed by atoms with Crippen molar-refractivity contribution in [1.29, 1.82) is 0 Å². The van der Waals surface area contributed by atoms with Gasteiger partial charge >= 0.3 is 0 Å². The quantitative estimate of drug-likeness (QED) is 0.372. The number of rotatable bonds is 5. The molecule has 0 bridgehead atoms. The molecule has 0 radical (unpaired) electrons. The summed E-state index contributed by atoms with van der Waals surface area (Å²) in [6.07, 6.45) is 1.20. The van der Waals surface area contributed by atoms with Gasteiger partial charge in [-0.05, 0) is 62.5 Å². The maximum absolute atomic E-state index is 13.1. The number of aromatic hydroxyl groups is 2. The van der Waals surface area contributed by atoms with Crippen LogP contribution in [0, 0.1) is 12.7 Å². The lowest BCUT2D eigenvalue weighted by atomic mass is 10.1. The van der Waals surface area contributed by atoms with E-state index >= 15 is 0 Å². The Morgan fingerprint density at radius 1 is 1.22 bits per heavy atom. The van der Waals surface area contributed by atoms with Crippen LogP contribution in [0.4, 0.5) is 4.39 Å². The summed E-state index contributed by atoms with van der Waals surface area (Å²) in [5.74, 6) is -2.19. The van der Waals surface area contributed by atoms with Gasteiger partial charge < -0.3 is 15.5 Å². The van der Waals surface area contributed by atoms with E-state index in [0.29, 0.717) is 10.0 Å². The molecule has 0 aliphatic rings. The Morgan fingerprint density at radius 2 is 1.93 bits per heavy atom. The number of hydrogen-bond acceptors (Lipinski definition) is 5. The maximum atomic E-state index is 13.1. The van der Waals surface area contributed by atoms with E-state index in [4.69, 9.17) is 0 Å². The molecular weight excluding hydrogens is 489 g/mol. The van der Waals surface area contributed by atoms with Crippen LogP contribution in [0.2, 0.25) is 0 Å². The molecule has 2 aromatic rings. The summed E-state index contributed by atoms with van der Waals surface area (Å²) in [4.78, 5) is 23.6. The largest absolute Gasteiger partial charge is 0.506 e. The highest BCUT2D eigenvalue weighted by Gasteiger charge is 2.17. The predicted molar refractivity (Wildman–Crippen MR) is 104 cm³/mol. The van der Waals surface area contributed by atoms with Crippen molar-refractivity contribution >= 4 is 49.9 Å². The number of hydrogen-bond donors (Lipinski definition) is 4. The molecule has 2 aromatic carbocycles. The van der Waals surface area contributed by atoms with Gasteiger partial charge in [0.1, 0.15) is 21.8 Å². The van der Waals surface area contributed by atoms with Crippen LogP contribution in [-0.4, -0.2) is 34.8 Å². The van der Waals surface area contributed by atoms with Gasteiger partial charge in [0.2, 0.25) is 0 Å². The second kappa shape index (κ2) is 8.96. The summed E-state index contributed by atoms with van der Waals surface area (Å²) in [6.45, 7) is 1.26. The number of carbonyl (C=O) groups excluding carboxylic acids is 2. The second-order valence-corrected chi connectivity index (χ2v) is 6.94. The Kier molecular flexibility index (Phi) is 6.92. The molecule has 0 atom stereocenters. The van der Waals surface area contributed by atoms with Gasteiger partial charge in [-0.25, -0.2) is 9.82 Å². The molecule has 0 aromatic heterocycles. The third kappa shape index (κ3) is 5.04. The first-order valence-corrected chi connectivity index (χ1v) is 9.06. The first-order valence-electron chi connectivity index (χ1n) is 7.47. The average molecular weight is 503 g/mol. The Balaban J connectivity index is 1.97. The van der Waals surface area contributed by atoms with Gasteiger partial charge in [0.15, 0.2) is 0 Å². The molecule has 142 valence electrons. The van der Waals surface area contributed by atoms with E-state index in [-0.39, 0.29) is 33.6 Å². The monoisotopic (exact) mass is 501 g/mol. The van der Waals surface area contributed by atoms with Gasteiger partial charge in [0.25, 0.3) is 11.8 Å². The van der Waals surface area contributed by atoms with Crippen molar-refractivity contribution < 1.29 is 24.2 Å². The highest BCUT2D eigenvalue weighted by Crippen LogP contribution is 2.43. The average Bonchev–Trinajstić information content (AvgIpc) is 2.65. The van der Waals surface area contributed by atoms with Crippen LogP contribution in [0.15, 0.2) is 38.3 Å².